The minimum absolute atomic E-state index is 0.0292. The number of hydrogen-bond donors (Lipinski definition) is 1. The molecule has 0 spiro atoms. The molecule has 0 bridgehead atoms. The molecule has 4 nitrogen and oxygen atoms in total. The highest BCUT2D eigenvalue weighted by molar-refractivity contribution is 7.80. The smallest absolute Gasteiger partial charge is 0.194 e. The highest BCUT2D eigenvalue weighted by Gasteiger charge is 2.31. The number of methoxy groups -OCH3 is 1. The van der Waals surface area contributed by atoms with Crippen LogP contribution in [0.2, 0.25) is 0 Å². The fourth-order valence-electron chi connectivity index (χ4n) is 3.41. The zero-order valence-electron chi connectivity index (χ0n) is 16.5. The van der Waals surface area contributed by atoms with E-state index in [9.17, 15) is 0 Å². The Labute approximate surface area is 176 Å². The van der Waals surface area contributed by atoms with Crippen molar-refractivity contribution in [1.82, 2.24) is 5.01 Å². The third kappa shape index (κ3) is 4.30. The summed E-state index contributed by atoms with van der Waals surface area (Å²) in [6.45, 7) is 2.07. The fourth-order valence-corrected chi connectivity index (χ4v) is 3.69. The van der Waals surface area contributed by atoms with Gasteiger partial charge in [-0.3, -0.25) is 0 Å². The number of hydrazone groups is 1. The lowest BCUT2D eigenvalue weighted by Gasteiger charge is -2.25. The molecule has 1 heterocycles. The third-order valence-corrected chi connectivity index (χ3v) is 5.32. The maximum Gasteiger partial charge on any atom is 0.194 e. The van der Waals surface area contributed by atoms with Gasteiger partial charge >= 0.3 is 0 Å². The van der Waals surface area contributed by atoms with Crippen LogP contribution in [0, 0.1) is 6.92 Å². The molecule has 5 heteroatoms. The average molecular weight is 402 g/mol. The van der Waals surface area contributed by atoms with Crippen molar-refractivity contribution >= 4 is 28.7 Å². The number of rotatable bonds is 4. The van der Waals surface area contributed by atoms with Crippen molar-refractivity contribution in [3.05, 3.63) is 95.6 Å². The number of ether oxygens (including phenoxy) is 1. The second kappa shape index (κ2) is 8.45. The maximum atomic E-state index is 5.74. The molecular weight excluding hydrogens is 378 g/mol. The van der Waals surface area contributed by atoms with Gasteiger partial charge in [0.2, 0.25) is 0 Å². The number of aryl methyl sites for hydroxylation is 1. The van der Waals surface area contributed by atoms with Crippen molar-refractivity contribution in [1.29, 1.82) is 0 Å². The minimum atomic E-state index is 0.0292. The third-order valence-electron chi connectivity index (χ3n) is 5.03. The summed E-state index contributed by atoms with van der Waals surface area (Å²) in [7, 11) is 1.67. The summed E-state index contributed by atoms with van der Waals surface area (Å²) >= 11 is 5.74. The Balaban J connectivity index is 1.63. The van der Waals surface area contributed by atoms with Gasteiger partial charge in [-0.1, -0.05) is 60.2 Å². The van der Waals surface area contributed by atoms with Crippen LogP contribution in [-0.4, -0.2) is 22.9 Å². The number of nitrogens with one attached hydrogen (secondary N) is 1. The summed E-state index contributed by atoms with van der Waals surface area (Å²) in [6.07, 6.45) is 0.784. The molecule has 0 aromatic heterocycles. The summed E-state index contributed by atoms with van der Waals surface area (Å²) in [5, 5.41) is 10.7. The topological polar surface area (TPSA) is 36.9 Å². The van der Waals surface area contributed by atoms with Gasteiger partial charge in [-0.15, -0.1) is 0 Å². The van der Waals surface area contributed by atoms with Crippen LogP contribution in [0.15, 0.2) is 84.0 Å². The van der Waals surface area contributed by atoms with Gasteiger partial charge < -0.3 is 10.1 Å². The first-order chi connectivity index (χ1) is 14.1. The molecule has 1 atom stereocenters. The van der Waals surface area contributed by atoms with E-state index in [1.54, 1.807) is 7.11 Å². The van der Waals surface area contributed by atoms with Gasteiger partial charge in [-0.25, -0.2) is 5.01 Å². The van der Waals surface area contributed by atoms with E-state index in [4.69, 9.17) is 22.1 Å². The molecule has 29 heavy (non-hydrogen) atoms. The van der Waals surface area contributed by atoms with E-state index < -0.39 is 0 Å². The van der Waals surface area contributed by atoms with Crippen LogP contribution in [0.5, 0.6) is 5.75 Å². The molecule has 0 amide bonds. The zero-order valence-corrected chi connectivity index (χ0v) is 17.3. The Kier molecular flexibility index (Phi) is 5.58. The predicted octanol–water partition coefficient (Wildman–Crippen LogP) is 5.55. The van der Waals surface area contributed by atoms with Crippen LogP contribution in [0.1, 0.15) is 29.2 Å². The summed E-state index contributed by atoms with van der Waals surface area (Å²) in [6, 6.07) is 26.6. The monoisotopic (exact) mass is 401 g/mol. The van der Waals surface area contributed by atoms with E-state index in [1.165, 1.54) is 5.56 Å². The molecule has 1 aliphatic heterocycles. The lowest BCUT2D eigenvalue weighted by atomic mass is 9.98. The molecule has 3 aromatic carbocycles. The molecule has 1 aliphatic rings. The van der Waals surface area contributed by atoms with E-state index in [0.717, 1.165) is 34.7 Å². The second-order valence-electron chi connectivity index (χ2n) is 7.05. The minimum Gasteiger partial charge on any atom is -0.497 e. The van der Waals surface area contributed by atoms with Crippen LogP contribution in [0.25, 0.3) is 0 Å². The number of hydrogen-bond acceptors (Lipinski definition) is 3. The Bertz CT molecular complexity index is 1010. The number of benzene rings is 3. The van der Waals surface area contributed by atoms with Crippen molar-refractivity contribution < 1.29 is 4.74 Å². The zero-order chi connectivity index (χ0) is 20.2. The van der Waals surface area contributed by atoms with Gasteiger partial charge in [0.05, 0.1) is 18.9 Å². The molecule has 4 rings (SSSR count). The van der Waals surface area contributed by atoms with E-state index in [0.29, 0.717) is 5.11 Å². The number of thiocarbonyl (C=S) groups is 1. The SMILES string of the molecule is COc1ccc(C2CC(c3ccccc3)=NN2C(=S)Nc2ccc(C)cc2)cc1. The van der Waals surface area contributed by atoms with Crippen LogP contribution < -0.4 is 10.1 Å². The molecule has 1 unspecified atom stereocenters. The molecule has 146 valence electrons. The van der Waals surface area contributed by atoms with Gasteiger partial charge in [0, 0.05) is 12.1 Å². The molecule has 0 saturated heterocycles. The lowest BCUT2D eigenvalue weighted by molar-refractivity contribution is 0.374. The highest BCUT2D eigenvalue weighted by Crippen LogP contribution is 2.34. The largest absolute Gasteiger partial charge is 0.497 e. The Morgan fingerprint density at radius 3 is 2.34 bits per heavy atom. The quantitative estimate of drug-likeness (QED) is 0.582. The summed E-state index contributed by atoms with van der Waals surface area (Å²) in [5.74, 6) is 0.836. The maximum absolute atomic E-state index is 5.74. The van der Waals surface area contributed by atoms with Gasteiger partial charge in [-0.2, -0.15) is 5.10 Å². The van der Waals surface area contributed by atoms with E-state index >= 15 is 0 Å². The summed E-state index contributed by atoms with van der Waals surface area (Å²) in [5.41, 5.74) is 5.46. The fraction of sp³-hybridized carbons (Fsp3) is 0.167. The molecule has 0 fully saturated rings. The Morgan fingerprint density at radius 2 is 1.69 bits per heavy atom. The molecule has 0 saturated carbocycles. The van der Waals surface area contributed by atoms with Gasteiger partial charge in [-0.05, 0) is 54.5 Å². The van der Waals surface area contributed by atoms with E-state index in [-0.39, 0.29) is 6.04 Å². The number of anilines is 1. The Hall–Kier alpha value is -3.18. The highest BCUT2D eigenvalue weighted by atomic mass is 32.1. The van der Waals surface area contributed by atoms with Gasteiger partial charge in [0.1, 0.15) is 5.75 Å². The van der Waals surface area contributed by atoms with Crippen LogP contribution >= 0.6 is 12.2 Å². The Morgan fingerprint density at radius 1 is 1.00 bits per heavy atom. The first-order valence-electron chi connectivity index (χ1n) is 9.58. The van der Waals surface area contributed by atoms with Crippen LogP contribution in [0.4, 0.5) is 5.69 Å². The molecular formula is C24H23N3OS. The molecule has 0 radical (unpaired) electrons. The predicted molar refractivity (Wildman–Crippen MR) is 123 cm³/mol. The summed E-state index contributed by atoms with van der Waals surface area (Å²) < 4.78 is 5.30. The van der Waals surface area contributed by atoms with Crippen molar-refractivity contribution in [3.8, 4) is 5.75 Å². The summed E-state index contributed by atoms with van der Waals surface area (Å²) in [4.78, 5) is 0. The second-order valence-corrected chi connectivity index (χ2v) is 7.43. The van der Waals surface area contributed by atoms with Crippen molar-refractivity contribution in [2.45, 2.75) is 19.4 Å². The first kappa shape index (κ1) is 19.2. The normalized spacial score (nSPS) is 15.7. The van der Waals surface area contributed by atoms with Crippen molar-refractivity contribution in [2.24, 2.45) is 5.10 Å². The van der Waals surface area contributed by atoms with Crippen molar-refractivity contribution in [2.75, 3.05) is 12.4 Å². The first-order valence-corrected chi connectivity index (χ1v) is 9.98. The van der Waals surface area contributed by atoms with Gasteiger partial charge in [0.25, 0.3) is 0 Å². The standard InChI is InChI=1S/C24H23N3OS/c1-17-8-12-20(13-9-17)25-24(29)27-23(19-10-14-21(28-2)15-11-19)16-22(26-27)18-6-4-3-5-7-18/h3-15,23H,16H2,1-2H3,(H,25,29). The average Bonchev–Trinajstić information content (AvgIpc) is 3.22. The van der Waals surface area contributed by atoms with Crippen LogP contribution in [0.3, 0.4) is 0 Å². The van der Waals surface area contributed by atoms with E-state index in [2.05, 4.69) is 48.6 Å². The van der Waals surface area contributed by atoms with Crippen molar-refractivity contribution in [3.63, 3.8) is 0 Å². The van der Waals surface area contributed by atoms with E-state index in [1.807, 2.05) is 47.5 Å². The molecule has 1 N–H and O–H groups in total. The lowest BCUT2D eigenvalue weighted by Crippen LogP contribution is -2.31. The molecule has 0 aliphatic carbocycles. The van der Waals surface area contributed by atoms with Crippen LogP contribution in [-0.2, 0) is 0 Å². The molecule has 3 aromatic rings. The van der Waals surface area contributed by atoms with Gasteiger partial charge in [0.15, 0.2) is 5.11 Å². The number of nitrogens with zero attached hydrogens (tertiary/aromatic N) is 2.